The van der Waals surface area contributed by atoms with E-state index in [-0.39, 0.29) is 5.41 Å². The molecule has 0 bridgehead atoms. The first kappa shape index (κ1) is 31.8. The fourth-order valence-electron chi connectivity index (χ4n) is 10.1. The van der Waals surface area contributed by atoms with Crippen molar-refractivity contribution in [3.63, 3.8) is 0 Å². The molecule has 1 heteroatoms. The molecular formula is C54H39N. The molecule has 0 spiro atoms. The van der Waals surface area contributed by atoms with Crippen LogP contribution in [0.4, 0.5) is 17.1 Å². The standard InChI is InChI=1S/C54H39N/c1-53(2)46-29-17-16-26-42(46)43-32-31-40(34-48(43)53)55(39-23-10-5-11-24-39)50-35-49-52(45-28-15-14-27-44(45)50)51-41-25-13-12-18-36(41)30-33-47(51)54(49,37-19-6-3-7-20-37)38-21-8-4-9-22-38/h3-35H,1-2H3. The van der Waals surface area contributed by atoms with E-state index in [2.05, 4.69) is 219 Å². The van der Waals surface area contributed by atoms with E-state index >= 15 is 0 Å². The van der Waals surface area contributed by atoms with Gasteiger partial charge in [-0.3, -0.25) is 0 Å². The number of rotatable bonds is 5. The van der Waals surface area contributed by atoms with Gasteiger partial charge >= 0.3 is 0 Å². The molecule has 0 aromatic heterocycles. The molecule has 0 saturated heterocycles. The van der Waals surface area contributed by atoms with Crippen molar-refractivity contribution in [3.05, 3.63) is 234 Å². The summed E-state index contributed by atoms with van der Waals surface area (Å²) in [6.07, 6.45) is 0. The highest BCUT2D eigenvalue weighted by Crippen LogP contribution is 2.61. The third-order valence-electron chi connectivity index (χ3n) is 12.5. The van der Waals surface area contributed by atoms with Crippen LogP contribution in [-0.2, 0) is 10.8 Å². The highest BCUT2D eigenvalue weighted by molar-refractivity contribution is 6.16. The largest absolute Gasteiger partial charge is 0.310 e. The van der Waals surface area contributed by atoms with Crippen LogP contribution in [0.15, 0.2) is 200 Å². The number of hydrogen-bond donors (Lipinski definition) is 0. The Morgan fingerprint density at radius 1 is 0.364 bits per heavy atom. The topological polar surface area (TPSA) is 3.24 Å². The number of nitrogens with zero attached hydrogens (tertiary/aromatic N) is 1. The second-order valence-corrected chi connectivity index (χ2v) is 15.6. The minimum absolute atomic E-state index is 0.122. The zero-order valence-electron chi connectivity index (χ0n) is 31.0. The Kier molecular flexibility index (Phi) is 6.88. The summed E-state index contributed by atoms with van der Waals surface area (Å²) >= 11 is 0. The van der Waals surface area contributed by atoms with Crippen LogP contribution in [0, 0.1) is 0 Å². The predicted octanol–water partition coefficient (Wildman–Crippen LogP) is 14.1. The third kappa shape index (κ3) is 4.41. The molecule has 0 unspecified atom stereocenters. The Morgan fingerprint density at radius 2 is 0.927 bits per heavy atom. The lowest BCUT2D eigenvalue weighted by atomic mass is 9.67. The minimum Gasteiger partial charge on any atom is -0.310 e. The van der Waals surface area contributed by atoms with Gasteiger partial charge in [-0.05, 0) is 102 Å². The van der Waals surface area contributed by atoms with Gasteiger partial charge in [-0.2, -0.15) is 0 Å². The number of benzene rings is 9. The molecule has 2 aliphatic carbocycles. The van der Waals surface area contributed by atoms with E-state index in [1.807, 2.05) is 0 Å². The second-order valence-electron chi connectivity index (χ2n) is 15.6. The van der Waals surface area contributed by atoms with Crippen molar-refractivity contribution in [1.29, 1.82) is 0 Å². The summed E-state index contributed by atoms with van der Waals surface area (Å²) in [4.78, 5) is 2.50. The van der Waals surface area contributed by atoms with Gasteiger partial charge in [-0.15, -0.1) is 0 Å². The van der Waals surface area contributed by atoms with Crippen molar-refractivity contribution >= 4 is 38.6 Å². The van der Waals surface area contributed by atoms with Crippen LogP contribution in [0.25, 0.3) is 43.8 Å². The first-order chi connectivity index (χ1) is 27.1. The summed E-state index contributed by atoms with van der Waals surface area (Å²) in [6, 6.07) is 74.6. The van der Waals surface area contributed by atoms with Gasteiger partial charge in [0.25, 0.3) is 0 Å². The minimum atomic E-state index is -0.556. The van der Waals surface area contributed by atoms with E-state index in [0.29, 0.717) is 0 Å². The van der Waals surface area contributed by atoms with Crippen LogP contribution in [0.1, 0.15) is 47.2 Å². The Balaban J connectivity index is 1.28. The van der Waals surface area contributed by atoms with Gasteiger partial charge < -0.3 is 4.90 Å². The quantitative estimate of drug-likeness (QED) is 0.173. The van der Waals surface area contributed by atoms with Gasteiger partial charge in [0.2, 0.25) is 0 Å². The molecule has 11 rings (SSSR count). The van der Waals surface area contributed by atoms with E-state index < -0.39 is 5.41 Å². The van der Waals surface area contributed by atoms with Crippen molar-refractivity contribution in [1.82, 2.24) is 0 Å². The SMILES string of the molecule is CC1(C)c2ccccc2-c2ccc(N(c3ccccc3)c3cc4c(c5ccccc35)-c3c(ccc5ccccc35)C4(c3ccccc3)c3ccccc3)cc21. The highest BCUT2D eigenvalue weighted by Gasteiger charge is 2.48. The maximum Gasteiger partial charge on any atom is 0.0714 e. The molecule has 55 heavy (non-hydrogen) atoms. The Bertz CT molecular complexity index is 2900. The maximum atomic E-state index is 2.53. The molecule has 0 fully saturated rings. The van der Waals surface area contributed by atoms with Crippen LogP contribution < -0.4 is 4.90 Å². The molecule has 9 aromatic rings. The molecule has 1 nitrogen and oxygen atoms in total. The lowest BCUT2D eigenvalue weighted by Crippen LogP contribution is -2.28. The average Bonchev–Trinajstić information content (AvgIpc) is 3.68. The molecule has 0 atom stereocenters. The molecule has 0 amide bonds. The van der Waals surface area contributed by atoms with Crippen LogP contribution in [-0.4, -0.2) is 0 Å². The smallest absolute Gasteiger partial charge is 0.0714 e. The Hall–Kier alpha value is -6.70. The summed E-state index contributed by atoms with van der Waals surface area (Å²) < 4.78 is 0. The molecule has 0 saturated carbocycles. The number of hydrogen-bond acceptors (Lipinski definition) is 1. The fourth-order valence-corrected chi connectivity index (χ4v) is 10.1. The lowest BCUT2D eigenvalue weighted by Gasteiger charge is -2.35. The molecule has 0 radical (unpaired) electrons. The normalized spacial score (nSPS) is 14.3. The van der Waals surface area contributed by atoms with Gasteiger partial charge in [-0.25, -0.2) is 0 Å². The van der Waals surface area contributed by atoms with Crippen molar-refractivity contribution in [3.8, 4) is 22.3 Å². The number of fused-ring (bicyclic) bond motifs is 10. The molecule has 0 N–H and O–H groups in total. The zero-order valence-corrected chi connectivity index (χ0v) is 31.0. The number of para-hydroxylation sites is 1. The van der Waals surface area contributed by atoms with E-state index in [0.717, 1.165) is 11.4 Å². The van der Waals surface area contributed by atoms with Crippen molar-refractivity contribution in [2.45, 2.75) is 24.7 Å². The van der Waals surface area contributed by atoms with Gasteiger partial charge in [0.1, 0.15) is 0 Å². The molecular weight excluding hydrogens is 663 g/mol. The second kappa shape index (κ2) is 11.9. The molecule has 260 valence electrons. The maximum absolute atomic E-state index is 2.53. The van der Waals surface area contributed by atoms with E-state index in [1.54, 1.807) is 0 Å². The monoisotopic (exact) mass is 701 g/mol. The molecule has 9 aromatic carbocycles. The van der Waals surface area contributed by atoms with Gasteiger partial charge in [0.05, 0.1) is 11.1 Å². The first-order valence-electron chi connectivity index (χ1n) is 19.4. The summed E-state index contributed by atoms with van der Waals surface area (Å²) in [7, 11) is 0. The van der Waals surface area contributed by atoms with Crippen LogP contribution in [0.2, 0.25) is 0 Å². The first-order valence-corrected chi connectivity index (χ1v) is 19.4. The van der Waals surface area contributed by atoms with Gasteiger partial charge in [-0.1, -0.05) is 184 Å². The Morgan fingerprint density at radius 3 is 1.65 bits per heavy atom. The third-order valence-corrected chi connectivity index (χ3v) is 12.5. The van der Waals surface area contributed by atoms with Crippen LogP contribution >= 0.6 is 0 Å². The fraction of sp³-hybridized carbons (Fsp3) is 0.0741. The van der Waals surface area contributed by atoms with Crippen molar-refractivity contribution in [2.75, 3.05) is 4.90 Å². The molecule has 0 heterocycles. The van der Waals surface area contributed by atoms with Gasteiger partial charge in [0.15, 0.2) is 0 Å². The summed E-state index contributed by atoms with van der Waals surface area (Å²) in [5.74, 6) is 0. The van der Waals surface area contributed by atoms with Crippen molar-refractivity contribution in [2.24, 2.45) is 0 Å². The van der Waals surface area contributed by atoms with Crippen LogP contribution in [0.5, 0.6) is 0 Å². The van der Waals surface area contributed by atoms with Crippen molar-refractivity contribution < 1.29 is 0 Å². The summed E-state index contributed by atoms with van der Waals surface area (Å²) in [5, 5.41) is 5.03. The van der Waals surface area contributed by atoms with E-state index in [9.17, 15) is 0 Å². The molecule has 2 aliphatic rings. The lowest BCUT2D eigenvalue weighted by molar-refractivity contribution is 0.660. The van der Waals surface area contributed by atoms with E-state index in [4.69, 9.17) is 0 Å². The zero-order chi connectivity index (χ0) is 36.7. The number of anilines is 3. The molecule has 0 aliphatic heterocycles. The van der Waals surface area contributed by atoms with Gasteiger partial charge in [0, 0.05) is 22.2 Å². The van der Waals surface area contributed by atoms with E-state index in [1.165, 1.54) is 82.9 Å². The predicted molar refractivity (Wildman–Crippen MR) is 231 cm³/mol. The Labute approximate surface area is 322 Å². The summed E-state index contributed by atoms with van der Waals surface area (Å²) in [5.41, 5.74) is 16.0. The average molecular weight is 702 g/mol. The highest BCUT2D eigenvalue weighted by atomic mass is 15.1. The van der Waals surface area contributed by atoms with Crippen LogP contribution in [0.3, 0.4) is 0 Å². The summed E-state index contributed by atoms with van der Waals surface area (Å²) in [6.45, 7) is 4.74.